The Balaban J connectivity index is 1.73. The van der Waals surface area contributed by atoms with E-state index in [1.807, 2.05) is 13.8 Å². The number of nitrogens with one attached hydrogen (secondary N) is 1. The third-order valence-corrected chi connectivity index (χ3v) is 5.29. The first kappa shape index (κ1) is 17.2. The summed E-state index contributed by atoms with van der Waals surface area (Å²) >= 11 is 1.75. The van der Waals surface area contributed by atoms with Crippen LogP contribution in [0, 0.1) is 6.92 Å². The highest BCUT2D eigenvalue weighted by Gasteiger charge is 2.29. The van der Waals surface area contributed by atoms with Gasteiger partial charge in [0.25, 0.3) is 0 Å². The van der Waals surface area contributed by atoms with Crippen LogP contribution >= 0.6 is 11.8 Å². The molecule has 5 heteroatoms. The molecule has 1 aromatic rings. The monoisotopic (exact) mass is 322 g/mol. The summed E-state index contributed by atoms with van der Waals surface area (Å²) < 4.78 is 0. The lowest BCUT2D eigenvalue weighted by atomic mass is 9.94. The molecule has 0 spiro atoms. The van der Waals surface area contributed by atoms with Crippen molar-refractivity contribution in [3.05, 3.63) is 29.8 Å². The topological polar surface area (TPSA) is 52.6 Å². The van der Waals surface area contributed by atoms with Crippen LogP contribution in [0.3, 0.4) is 0 Å². The number of carbonyl (C=O) groups is 1. The van der Waals surface area contributed by atoms with Crippen molar-refractivity contribution in [1.29, 1.82) is 0 Å². The largest absolute Gasteiger partial charge is 0.390 e. The number of piperidine rings is 1. The van der Waals surface area contributed by atoms with Crippen LogP contribution in [0.5, 0.6) is 0 Å². The van der Waals surface area contributed by atoms with Gasteiger partial charge in [0.2, 0.25) is 0 Å². The molecule has 22 heavy (non-hydrogen) atoms. The van der Waals surface area contributed by atoms with Crippen molar-refractivity contribution in [2.24, 2.45) is 0 Å². The Hall–Kier alpha value is -1.20. The third kappa shape index (κ3) is 5.21. The average Bonchev–Trinajstić information content (AvgIpc) is 2.46. The highest BCUT2D eigenvalue weighted by Crippen LogP contribution is 2.22. The Morgan fingerprint density at radius 3 is 2.55 bits per heavy atom. The maximum atomic E-state index is 12.2. The van der Waals surface area contributed by atoms with Crippen LogP contribution in [-0.4, -0.2) is 46.5 Å². The molecule has 122 valence electrons. The zero-order valence-electron chi connectivity index (χ0n) is 13.6. The van der Waals surface area contributed by atoms with Gasteiger partial charge in [-0.25, -0.2) is 4.79 Å². The molecule has 1 aromatic carbocycles. The van der Waals surface area contributed by atoms with Gasteiger partial charge in [0.15, 0.2) is 0 Å². The number of aryl methyl sites for hydroxylation is 1. The summed E-state index contributed by atoms with van der Waals surface area (Å²) in [6.45, 7) is 7.18. The number of nitrogens with zero attached hydrogens (tertiary/aromatic N) is 1. The second kappa shape index (κ2) is 7.38. The van der Waals surface area contributed by atoms with Gasteiger partial charge in [0.05, 0.1) is 5.60 Å². The van der Waals surface area contributed by atoms with Crippen LogP contribution in [-0.2, 0) is 0 Å². The lowest BCUT2D eigenvalue weighted by Crippen LogP contribution is -2.50. The van der Waals surface area contributed by atoms with Crippen molar-refractivity contribution in [3.63, 3.8) is 0 Å². The van der Waals surface area contributed by atoms with Crippen molar-refractivity contribution in [1.82, 2.24) is 10.2 Å². The van der Waals surface area contributed by atoms with E-state index in [0.717, 1.165) is 5.75 Å². The highest BCUT2D eigenvalue weighted by atomic mass is 32.2. The van der Waals surface area contributed by atoms with Crippen molar-refractivity contribution >= 4 is 17.8 Å². The van der Waals surface area contributed by atoms with Gasteiger partial charge < -0.3 is 15.3 Å². The number of thioether (sulfide) groups is 1. The van der Waals surface area contributed by atoms with Gasteiger partial charge in [-0.3, -0.25) is 0 Å². The number of hydrogen-bond acceptors (Lipinski definition) is 3. The van der Waals surface area contributed by atoms with E-state index in [1.165, 1.54) is 10.5 Å². The first-order valence-electron chi connectivity index (χ1n) is 7.83. The van der Waals surface area contributed by atoms with Crippen molar-refractivity contribution < 1.29 is 9.90 Å². The SMILES string of the molecule is Cc1ccc(SC[C@H](C)NC(=O)N2CCC(C)(O)CC2)cc1. The van der Waals surface area contributed by atoms with Gasteiger partial charge in [-0.1, -0.05) is 17.7 Å². The summed E-state index contributed by atoms with van der Waals surface area (Å²) in [7, 11) is 0. The minimum Gasteiger partial charge on any atom is -0.390 e. The molecule has 0 bridgehead atoms. The van der Waals surface area contributed by atoms with E-state index in [-0.39, 0.29) is 12.1 Å². The molecule has 4 nitrogen and oxygen atoms in total. The standard InChI is InChI=1S/C17H26N2O2S/c1-13-4-6-15(7-5-13)22-12-14(2)18-16(20)19-10-8-17(3,21)9-11-19/h4-7,14,21H,8-12H2,1-3H3,(H,18,20)/t14-/m0/s1. The maximum Gasteiger partial charge on any atom is 0.317 e. The summed E-state index contributed by atoms with van der Waals surface area (Å²) in [5.41, 5.74) is 0.635. The first-order valence-corrected chi connectivity index (χ1v) is 8.81. The Morgan fingerprint density at radius 1 is 1.36 bits per heavy atom. The van der Waals surface area contributed by atoms with E-state index in [9.17, 15) is 9.90 Å². The van der Waals surface area contributed by atoms with E-state index >= 15 is 0 Å². The molecule has 1 saturated heterocycles. The van der Waals surface area contributed by atoms with E-state index in [2.05, 4.69) is 36.5 Å². The third-order valence-electron chi connectivity index (χ3n) is 4.02. The number of amides is 2. The fourth-order valence-electron chi connectivity index (χ4n) is 2.39. The smallest absolute Gasteiger partial charge is 0.317 e. The Kier molecular flexibility index (Phi) is 5.75. The summed E-state index contributed by atoms with van der Waals surface area (Å²) in [5, 5.41) is 13.0. The molecule has 1 aliphatic rings. The van der Waals surface area contributed by atoms with Crippen LogP contribution < -0.4 is 5.32 Å². The fraction of sp³-hybridized carbons (Fsp3) is 0.588. The molecule has 1 heterocycles. The highest BCUT2D eigenvalue weighted by molar-refractivity contribution is 7.99. The van der Waals surface area contributed by atoms with Crippen LogP contribution in [0.2, 0.25) is 0 Å². The number of benzene rings is 1. The van der Waals surface area contributed by atoms with Gasteiger partial charge in [-0.15, -0.1) is 11.8 Å². The molecular weight excluding hydrogens is 296 g/mol. The number of aliphatic hydroxyl groups is 1. The van der Waals surface area contributed by atoms with E-state index < -0.39 is 5.60 Å². The van der Waals surface area contributed by atoms with E-state index in [4.69, 9.17) is 0 Å². The van der Waals surface area contributed by atoms with E-state index in [0.29, 0.717) is 25.9 Å². The van der Waals surface area contributed by atoms with Gasteiger partial charge in [0.1, 0.15) is 0 Å². The summed E-state index contributed by atoms with van der Waals surface area (Å²) in [4.78, 5) is 15.2. The number of likely N-dealkylation sites (tertiary alicyclic amines) is 1. The number of hydrogen-bond donors (Lipinski definition) is 2. The lowest BCUT2D eigenvalue weighted by Gasteiger charge is -2.36. The molecule has 0 aliphatic carbocycles. The lowest BCUT2D eigenvalue weighted by molar-refractivity contribution is 0.00426. The minimum atomic E-state index is -0.621. The maximum absolute atomic E-state index is 12.2. The zero-order chi connectivity index (χ0) is 16.2. The van der Waals surface area contributed by atoms with Crippen LogP contribution in [0.1, 0.15) is 32.3 Å². The van der Waals surface area contributed by atoms with Gasteiger partial charge >= 0.3 is 6.03 Å². The van der Waals surface area contributed by atoms with Crippen LogP contribution in [0.15, 0.2) is 29.2 Å². The molecule has 2 amide bonds. The molecule has 2 N–H and O–H groups in total. The molecule has 1 fully saturated rings. The van der Waals surface area contributed by atoms with Crippen LogP contribution in [0.4, 0.5) is 4.79 Å². The Morgan fingerprint density at radius 2 is 1.95 bits per heavy atom. The van der Waals surface area contributed by atoms with Crippen molar-refractivity contribution in [2.75, 3.05) is 18.8 Å². The van der Waals surface area contributed by atoms with Gasteiger partial charge in [0, 0.05) is 29.8 Å². The molecule has 0 radical (unpaired) electrons. The second-order valence-corrected chi connectivity index (χ2v) is 7.55. The Bertz CT molecular complexity index is 492. The molecule has 2 rings (SSSR count). The van der Waals surface area contributed by atoms with Gasteiger partial charge in [-0.2, -0.15) is 0 Å². The van der Waals surface area contributed by atoms with Crippen molar-refractivity contribution in [2.45, 2.75) is 50.2 Å². The second-order valence-electron chi connectivity index (χ2n) is 6.46. The molecule has 0 saturated carbocycles. The van der Waals surface area contributed by atoms with Crippen molar-refractivity contribution in [3.8, 4) is 0 Å². The van der Waals surface area contributed by atoms with Crippen LogP contribution in [0.25, 0.3) is 0 Å². The zero-order valence-corrected chi connectivity index (χ0v) is 14.4. The molecule has 0 aromatic heterocycles. The summed E-state index contributed by atoms with van der Waals surface area (Å²) in [6, 6.07) is 8.52. The van der Waals surface area contributed by atoms with Gasteiger partial charge in [-0.05, 0) is 45.7 Å². The predicted octanol–water partition coefficient (Wildman–Crippen LogP) is 3.03. The quantitative estimate of drug-likeness (QED) is 0.838. The molecule has 1 aliphatic heterocycles. The van der Waals surface area contributed by atoms with E-state index in [1.54, 1.807) is 16.7 Å². The average molecular weight is 322 g/mol. The molecule has 1 atom stereocenters. The normalized spacial score (nSPS) is 18.8. The number of carbonyl (C=O) groups excluding carboxylic acids is 1. The molecular formula is C17H26N2O2S. The predicted molar refractivity (Wildman–Crippen MR) is 91.3 cm³/mol. The first-order chi connectivity index (χ1) is 10.4. The summed E-state index contributed by atoms with van der Waals surface area (Å²) in [5.74, 6) is 0.848. The Labute approximate surface area is 137 Å². The minimum absolute atomic E-state index is 0.0208. The molecule has 0 unspecified atom stereocenters. The fourth-order valence-corrected chi connectivity index (χ4v) is 3.25. The summed E-state index contributed by atoms with van der Waals surface area (Å²) in [6.07, 6.45) is 1.29. The number of rotatable bonds is 4. The number of urea groups is 1.